The fourth-order valence-corrected chi connectivity index (χ4v) is 2.81. The minimum Gasteiger partial charge on any atom is -0.326 e. The summed E-state index contributed by atoms with van der Waals surface area (Å²) in [5.41, 5.74) is 2.31. The van der Waals surface area contributed by atoms with Crippen LogP contribution in [0.1, 0.15) is 22.3 Å². The van der Waals surface area contributed by atoms with Crippen molar-refractivity contribution < 1.29 is 9.59 Å². The summed E-state index contributed by atoms with van der Waals surface area (Å²) in [6.45, 7) is 0. The number of nitrogens with zero attached hydrogens (tertiary/aromatic N) is 1. The topological polar surface area (TPSA) is 71.1 Å². The number of aryl methyl sites for hydroxylation is 1. The fraction of sp³-hybridized carbons (Fsp3) is 0.105. The summed E-state index contributed by atoms with van der Waals surface area (Å²) in [5, 5.41) is 7.91. The van der Waals surface area contributed by atoms with E-state index in [0.29, 0.717) is 29.2 Å². The molecular formula is C19H17N3O2S. The second-order valence-corrected chi connectivity index (χ2v) is 6.30. The molecule has 6 heteroatoms. The maximum absolute atomic E-state index is 12.1. The molecule has 0 aliphatic heterocycles. The van der Waals surface area contributed by atoms with Crippen molar-refractivity contribution in [3.8, 4) is 0 Å². The van der Waals surface area contributed by atoms with E-state index >= 15 is 0 Å². The Morgan fingerprint density at radius 2 is 1.72 bits per heavy atom. The van der Waals surface area contributed by atoms with E-state index in [0.717, 1.165) is 5.56 Å². The number of aromatic nitrogens is 1. The van der Waals surface area contributed by atoms with Crippen molar-refractivity contribution in [1.29, 1.82) is 0 Å². The number of amides is 2. The van der Waals surface area contributed by atoms with Crippen molar-refractivity contribution in [2.75, 3.05) is 10.6 Å². The third-order valence-corrected chi connectivity index (χ3v) is 4.26. The minimum atomic E-state index is -0.225. The summed E-state index contributed by atoms with van der Waals surface area (Å²) in [6.07, 6.45) is 2.74. The molecule has 2 amide bonds. The molecule has 0 aliphatic rings. The van der Waals surface area contributed by atoms with Gasteiger partial charge in [-0.1, -0.05) is 30.3 Å². The molecule has 2 aromatic carbocycles. The molecule has 126 valence electrons. The number of benzene rings is 2. The number of carbonyl (C=O) groups is 2. The third-order valence-electron chi connectivity index (χ3n) is 3.57. The van der Waals surface area contributed by atoms with Crippen LogP contribution in [-0.2, 0) is 11.2 Å². The van der Waals surface area contributed by atoms with Gasteiger partial charge in [0.25, 0.3) is 5.91 Å². The number of rotatable bonds is 6. The van der Waals surface area contributed by atoms with Gasteiger partial charge in [-0.05, 0) is 36.2 Å². The SMILES string of the molecule is O=C(CCc1ccccc1)Nc1ccc(C(=O)Nc2nccs2)cc1. The molecule has 0 saturated heterocycles. The normalized spacial score (nSPS) is 10.2. The summed E-state index contributed by atoms with van der Waals surface area (Å²) in [5.74, 6) is -0.277. The van der Waals surface area contributed by atoms with Crippen LogP contribution in [-0.4, -0.2) is 16.8 Å². The van der Waals surface area contributed by atoms with Gasteiger partial charge in [-0.2, -0.15) is 0 Å². The van der Waals surface area contributed by atoms with E-state index < -0.39 is 0 Å². The van der Waals surface area contributed by atoms with E-state index in [1.807, 2.05) is 30.3 Å². The van der Waals surface area contributed by atoms with E-state index in [2.05, 4.69) is 15.6 Å². The average Bonchev–Trinajstić information content (AvgIpc) is 3.14. The fourth-order valence-electron chi connectivity index (χ4n) is 2.29. The summed E-state index contributed by atoms with van der Waals surface area (Å²) in [4.78, 5) is 28.1. The molecule has 3 aromatic rings. The molecule has 0 radical (unpaired) electrons. The van der Waals surface area contributed by atoms with E-state index in [1.165, 1.54) is 11.3 Å². The van der Waals surface area contributed by atoms with Crippen molar-refractivity contribution >= 4 is 34.0 Å². The number of thiazole rings is 1. The first-order chi connectivity index (χ1) is 12.2. The number of hydrogen-bond acceptors (Lipinski definition) is 4. The van der Waals surface area contributed by atoms with Gasteiger partial charge < -0.3 is 5.32 Å². The molecule has 0 bridgehead atoms. The molecule has 25 heavy (non-hydrogen) atoms. The van der Waals surface area contributed by atoms with Gasteiger partial charge in [0.05, 0.1) is 0 Å². The summed E-state index contributed by atoms with van der Waals surface area (Å²) in [7, 11) is 0. The van der Waals surface area contributed by atoms with E-state index in [1.54, 1.807) is 35.8 Å². The van der Waals surface area contributed by atoms with Crippen molar-refractivity contribution in [2.24, 2.45) is 0 Å². The van der Waals surface area contributed by atoms with Gasteiger partial charge in [0, 0.05) is 29.2 Å². The maximum atomic E-state index is 12.1. The maximum Gasteiger partial charge on any atom is 0.257 e. The van der Waals surface area contributed by atoms with Gasteiger partial charge in [-0.3, -0.25) is 14.9 Å². The Morgan fingerprint density at radius 3 is 2.40 bits per heavy atom. The first kappa shape index (κ1) is 16.9. The number of nitrogens with one attached hydrogen (secondary N) is 2. The molecule has 3 rings (SSSR count). The Kier molecular flexibility index (Phi) is 5.53. The highest BCUT2D eigenvalue weighted by Crippen LogP contribution is 2.15. The van der Waals surface area contributed by atoms with Gasteiger partial charge >= 0.3 is 0 Å². The van der Waals surface area contributed by atoms with Crippen LogP contribution in [0, 0.1) is 0 Å². The van der Waals surface area contributed by atoms with Crippen molar-refractivity contribution in [3.63, 3.8) is 0 Å². The van der Waals surface area contributed by atoms with Gasteiger partial charge in [-0.15, -0.1) is 11.3 Å². The summed E-state index contributed by atoms with van der Waals surface area (Å²) in [6, 6.07) is 16.7. The average molecular weight is 351 g/mol. The van der Waals surface area contributed by atoms with Crippen LogP contribution in [0.2, 0.25) is 0 Å². The minimum absolute atomic E-state index is 0.0520. The summed E-state index contributed by atoms with van der Waals surface area (Å²) >= 11 is 1.36. The van der Waals surface area contributed by atoms with Crippen LogP contribution < -0.4 is 10.6 Å². The first-order valence-corrected chi connectivity index (χ1v) is 8.73. The lowest BCUT2D eigenvalue weighted by Crippen LogP contribution is -2.14. The van der Waals surface area contributed by atoms with Crippen molar-refractivity contribution in [2.45, 2.75) is 12.8 Å². The van der Waals surface area contributed by atoms with E-state index in [-0.39, 0.29) is 11.8 Å². The molecule has 0 atom stereocenters. The standard InChI is InChI=1S/C19H17N3O2S/c23-17(11-6-14-4-2-1-3-5-14)21-16-9-7-15(8-10-16)18(24)22-19-20-12-13-25-19/h1-5,7-10,12-13H,6,11H2,(H,21,23)(H,20,22,24). The van der Waals surface area contributed by atoms with Gasteiger partial charge in [-0.25, -0.2) is 4.98 Å². The monoisotopic (exact) mass is 351 g/mol. The molecule has 0 fully saturated rings. The highest BCUT2D eigenvalue weighted by atomic mass is 32.1. The Morgan fingerprint density at radius 1 is 0.960 bits per heavy atom. The second-order valence-electron chi connectivity index (χ2n) is 5.40. The lowest BCUT2D eigenvalue weighted by Gasteiger charge is -2.07. The first-order valence-electron chi connectivity index (χ1n) is 7.85. The molecule has 0 unspecified atom stereocenters. The zero-order chi connectivity index (χ0) is 17.5. The Labute approximate surface area is 149 Å². The lowest BCUT2D eigenvalue weighted by molar-refractivity contribution is -0.116. The lowest BCUT2D eigenvalue weighted by atomic mass is 10.1. The molecule has 2 N–H and O–H groups in total. The van der Waals surface area contributed by atoms with Gasteiger partial charge in [0.2, 0.25) is 5.91 Å². The van der Waals surface area contributed by atoms with Crippen LogP contribution in [0.3, 0.4) is 0 Å². The molecule has 1 aromatic heterocycles. The van der Waals surface area contributed by atoms with Crippen molar-refractivity contribution in [1.82, 2.24) is 4.98 Å². The largest absolute Gasteiger partial charge is 0.326 e. The highest BCUT2D eigenvalue weighted by molar-refractivity contribution is 7.13. The second kappa shape index (κ2) is 8.21. The Hall–Kier alpha value is -2.99. The molecule has 0 aliphatic carbocycles. The number of hydrogen-bond donors (Lipinski definition) is 2. The Balaban J connectivity index is 1.51. The smallest absolute Gasteiger partial charge is 0.257 e. The Bertz CT molecular complexity index is 831. The number of anilines is 2. The molecule has 0 spiro atoms. The molecule has 0 saturated carbocycles. The third kappa shape index (κ3) is 4.99. The van der Waals surface area contributed by atoms with Crippen LogP contribution in [0.4, 0.5) is 10.8 Å². The molecule has 5 nitrogen and oxygen atoms in total. The number of carbonyl (C=O) groups excluding carboxylic acids is 2. The highest BCUT2D eigenvalue weighted by Gasteiger charge is 2.08. The van der Waals surface area contributed by atoms with Crippen LogP contribution in [0.5, 0.6) is 0 Å². The van der Waals surface area contributed by atoms with Crippen LogP contribution in [0.15, 0.2) is 66.2 Å². The zero-order valence-electron chi connectivity index (χ0n) is 13.4. The zero-order valence-corrected chi connectivity index (χ0v) is 14.3. The summed E-state index contributed by atoms with van der Waals surface area (Å²) < 4.78 is 0. The van der Waals surface area contributed by atoms with Crippen molar-refractivity contribution in [3.05, 3.63) is 77.3 Å². The van der Waals surface area contributed by atoms with E-state index in [9.17, 15) is 9.59 Å². The van der Waals surface area contributed by atoms with Gasteiger partial charge in [0.15, 0.2) is 5.13 Å². The van der Waals surface area contributed by atoms with Crippen LogP contribution in [0.25, 0.3) is 0 Å². The molecular weight excluding hydrogens is 334 g/mol. The predicted molar refractivity (Wildman–Crippen MR) is 99.9 cm³/mol. The van der Waals surface area contributed by atoms with Crippen LogP contribution >= 0.6 is 11.3 Å². The molecule has 1 heterocycles. The van der Waals surface area contributed by atoms with E-state index in [4.69, 9.17) is 0 Å². The van der Waals surface area contributed by atoms with Gasteiger partial charge in [0.1, 0.15) is 0 Å². The quantitative estimate of drug-likeness (QED) is 0.706. The predicted octanol–water partition coefficient (Wildman–Crippen LogP) is 3.97.